The molecule has 3 heteroatoms. The van der Waals surface area contributed by atoms with Crippen LogP contribution in [0.2, 0.25) is 0 Å². The summed E-state index contributed by atoms with van der Waals surface area (Å²) in [5, 5.41) is 2.46. The SMILES string of the molecule is Cc1cc2c3c(c1)C(C)(C)c1c(ccc4oc5ccccc5c14)B3N1c3ccc(C(C)(C)C)cc3C(C)(C)c3cc(C(C)(C)C)cc-2c31. The number of para-hydroxylation sites is 1. The lowest BCUT2D eigenvalue weighted by Gasteiger charge is -2.52. The van der Waals surface area contributed by atoms with Crippen LogP contribution >= 0.6 is 0 Å². The van der Waals surface area contributed by atoms with Gasteiger partial charge in [0.1, 0.15) is 11.2 Å². The van der Waals surface area contributed by atoms with Gasteiger partial charge in [-0.1, -0.05) is 129 Å². The van der Waals surface area contributed by atoms with Gasteiger partial charge < -0.3 is 9.23 Å². The Kier molecular flexibility index (Phi) is 5.63. The second-order valence-corrected chi connectivity index (χ2v) is 17.9. The Hall–Kier alpha value is -4.24. The van der Waals surface area contributed by atoms with Crippen LogP contribution in [0.25, 0.3) is 33.1 Å². The number of anilines is 2. The van der Waals surface area contributed by atoms with E-state index in [2.05, 4.69) is 160 Å². The lowest BCUT2D eigenvalue weighted by Crippen LogP contribution is -2.65. The predicted octanol–water partition coefficient (Wildman–Crippen LogP) is 10.7. The van der Waals surface area contributed by atoms with Crippen LogP contribution in [0.15, 0.2) is 83.3 Å². The second-order valence-electron chi connectivity index (χ2n) is 17.9. The minimum atomic E-state index is -0.232. The molecule has 0 aliphatic carbocycles. The summed E-state index contributed by atoms with van der Waals surface area (Å²) in [6.45, 7) is 26.2. The maximum atomic E-state index is 6.53. The van der Waals surface area contributed by atoms with Crippen molar-refractivity contribution in [1.82, 2.24) is 0 Å². The molecule has 0 unspecified atom stereocenters. The van der Waals surface area contributed by atoms with Gasteiger partial charge in [-0.2, -0.15) is 0 Å². The molecule has 0 bridgehead atoms. The maximum absolute atomic E-state index is 6.53. The molecule has 0 amide bonds. The lowest BCUT2D eigenvalue weighted by atomic mass is 9.37. The van der Waals surface area contributed by atoms with E-state index in [-0.39, 0.29) is 28.5 Å². The fraction of sp³-hybridized carbons (Fsp3) is 0.333. The van der Waals surface area contributed by atoms with Crippen LogP contribution in [-0.4, -0.2) is 6.85 Å². The van der Waals surface area contributed by atoms with Gasteiger partial charge in [-0.15, -0.1) is 0 Å². The van der Waals surface area contributed by atoms with Crippen molar-refractivity contribution in [3.63, 3.8) is 0 Å². The molecule has 0 saturated heterocycles. The van der Waals surface area contributed by atoms with Gasteiger partial charge in [-0.25, -0.2) is 0 Å². The van der Waals surface area contributed by atoms with Crippen LogP contribution in [0, 0.1) is 6.92 Å². The minimum Gasteiger partial charge on any atom is -0.456 e. The normalized spacial score (nSPS) is 16.9. The zero-order valence-corrected chi connectivity index (χ0v) is 30.4. The summed E-state index contributed by atoms with van der Waals surface area (Å²) < 4.78 is 6.53. The van der Waals surface area contributed by atoms with Crippen molar-refractivity contribution in [2.24, 2.45) is 0 Å². The van der Waals surface area contributed by atoms with E-state index in [1.54, 1.807) is 0 Å². The van der Waals surface area contributed by atoms with Crippen molar-refractivity contribution in [1.29, 1.82) is 0 Å². The summed E-state index contributed by atoms with van der Waals surface area (Å²) in [6.07, 6.45) is 0. The van der Waals surface area contributed by atoms with Gasteiger partial charge in [0.2, 0.25) is 0 Å². The van der Waals surface area contributed by atoms with E-state index in [1.807, 2.05) is 0 Å². The summed E-state index contributed by atoms with van der Waals surface area (Å²) in [4.78, 5) is 2.74. The zero-order chi connectivity index (χ0) is 33.9. The Bertz CT molecular complexity index is 2390. The molecule has 5 aromatic carbocycles. The van der Waals surface area contributed by atoms with E-state index in [4.69, 9.17) is 4.42 Å². The molecular weight excluding hydrogens is 581 g/mol. The summed E-state index contributed by atoms with van der Waals surface area (Å²) in [6, 6.07) is 30.6. The fourth-order valence-corrected chi connectivity index (χ4v) is 9.38. The molecule has 0 N–H and O–H groups in total. The van der Waals surface area contributed by atoms with Crippen LogP contribution in [-0.2, 0) is 21.7 Å². The van der Waals surface area contributed by atoms with Gasteiger partial charge in [0.05, 0.1) is 0 Å². The van der Waals surface area contributed by atoms with E-state index in [0.29, 0.717) is 0 Å². The predicted molar refractivity (Wildman–Crippen MR) is 206 cm³/mol. The maximum Gasteiger partial charge on any atom is 0.329 e. The average molecular weight is 628 g/mol. The number of furan rings is 1. The molecule has 48 heavy (non-hydrogen) atoms. The highest BCUT2D eigenvalue weighted by atomic mass is 16.3. The van der Waals surface area contributed by atoms with Crippen LogP contribution in [0.3, 0.4) is 0 Å². The molecule has 9 rings (SSSR count). The number of aryl methyl sites for hydroxylation is 1. The smallest absolute Gasteiger partial charge is 0.329 e. The molecular formula is C45H46BNO. The average Bonchev–Trinajstić information content (AvgIpc) is 3.39. The summed E-state index contributed by atoms with van der Waals surface area (Å²) in [5.74, 6) is 0. The first-order chi connectivity index (χ1) is 22.5. The molecule has 6 aromatic rings. The summed E-state index contributed by atoms with van der Waals surface area (Å²) in [5.41, 5.74) is 19.7. The van der Waals surface area contributed by atoms with Crippen molar-refractivity contribution in [3.05, 3.63) is 118 Å². The van der Waals surface area contributed by atoms with Crippen LogP contribution in [0.1, 0.15) is 108 Å². The third-order valence-electron chi connectivity index (χ3n) is 12.0. The number of hydrogen-bond acceptors (Lipinski definition) is 2. The third-order valence-corrected chi connectivity index (χ3v) is 12.0. The molecule has 2 nitrogen and oxygen atoms in total. The highest BCUT2D eigenvalue weighted by Crippen LogP contribution is 2.57. The molecule has 0 atom stereocenters. The quantitative estimate of drug-likeness (QED) is 0.156. The van der Waals surface area contributed by atoms with Crippen molar-refractivity contribution in [2.45, 2.75) is 97.8 Å². The Morgan fingerprint density at radius 1 is 0.646 bits per heavy atom. The lowest BCUT2D eigenvalue weighted by molar-refractivity contribution is 0.574. The molecule has 4 heterocycles. The summed E-state index contributed by atoms with van der Waals surface area (Å²) >= 11 is 0. The van der Waals surface area contributed by atoms with Gasteiger partial charge in [-0.3, -0.25) is 0 Å². The van der Waals surface area contributed by atoms with Crippen molar-refractivity contribution in [3.8, 4) is 11.1 Å². The van der Waals surface area contributed by atoms with Gasteiger partial charge in [-0.05, 0) is 91.9 Å². The molecule has 240 valence electrons. The van der Waals surface area contributed by atoms with Crippen LogP contribution < -0.4 is 15.7 Å². The first kappa shape index (κ1) is 29.9. The number of benzene rings is 5. The second kappa shape index (κ2) is 9.05. The van der Waals surface area contributed by atoms with Crippen molar-refractivity contribution in [2.75, 3.05) is 4.81 Å². The first-order valence-electron chi connectivity index (χ1n) is 17.7. The molecule has 0 fully saturated rings. The van der Waals surface area contributed by atoms with Gasteiger partial charge in [0, 0.05) is 38.5 Å². The minimum absolute atomic E-state index is 0.0144. The molecule has 3 aliphatic rings. The van der Waals surface area contributed by atoms with Crippen molar-refractivity contribution >= 4 is 51.1 Å². The van der Waals surface area contributed by atoms with Gasteiger partial charge in [0.25, 0.3) is 0 Å². The number of nitrogens with zero attached hydrogens (tertiary/aromatic N) is 1. The van der Waals surface area contributed by atoms with E-state index >= 15 is 0 Å². The Morgan fingerprint density at radius 3 is 2.08 bits per heavy atom. The molecule has 0 saturated carbocycles. The van der Waals surface area contributed by atoms with Crippen molar-refractivity contribution < 1.29 is 4.42 Å². The standard InChI is InChI=1S/C45H46BNO/c1-25-20-29-30-22-27(43(5,6)7)24-33-41(30)47(35-18-16-26(42(2,3)4)23-31(35)44(33,8)9)46-34-17-19-37-38(28-14-12-13-15-36(28)48-37)39(34)45(10,11)32(21-25)40(29)46/h12-24H,1-11H3. The number of rotatable bonds is 0. The summed E-state index contributed by atoms with van der Waals surface area (Å²) in [7, 11) is 0. The topological polar surface area (TPSA) is 16.4 Å². The number of fused-ring (bicyclic) bond motifs is 10. The highest BCUT2D eigenvalue weighted by Gasteiger charge is 2.52. The highest BCUT2D eigenvalue weighted by molar-refractivity contribution is 6.92. The van der Waals surface area contributed by atoms with Gasteiger partial charge >= 0.3 is 6.85 Å². The Balaban J connectivity index is 1.47. The first-order valence-corrected chi connectivity index (χ1v) is 17.7. The van der Waals surface area contributed by atoms with Gasteiger partial charge in [0.15, 0.2) is 0 Å². The van der Waals surface area contributed by atoms with Crippen LogP contribution in [0.4, 0.5) is 11.4 Å². The van der Waals surface area contributed by atoms with Crippen LogP contribution in [0.5, 0.6) is 0 Å². The van der Waals surface area contributed by atoms with E-state index in [9.17, 15) is 0 Å². The fourth-order valence-electron chi connectivity index (χ4n) is 9.38. The third kappa shape index (κ3) is 3.71. The molecule has 0 radical (unpaired) electrons. The van der Waals surface area contributed by atoms with E-state index in [0.717, 1.165) is 11.2 Å². The Morgan fingerprint density at radius 2 is 1.35 bits per heavy atom. The molecule has 0 spiro atoms. The molecule has 3 aliphatic heterocycles. The van der Waals surface area contributed by atoms with E-state index < -0.39 is 0 Å². The number of hydrogen-bond donors (Lipinski definition) is 0. The zero-order valence-electron chi connectivity index (χ0n) is 30.4. The Labute approximate surface area is 286 Å². The molecule has 1 aromatic heterocycles. The van der Waals surface area contributed by atoms with E-state index in [1.165, 1.54) is 83.1 Å². The largest absolute Gasteiger partial charge is 0.456 e. The monoisotopic (exact) mass is 627 g/mol.